The third-order valence-corrected chi connectivity index (χ3v) is 4.12. The Hall–Kier alpha value is 1.64. The molecule has 1 heteroatoms. The summed E-state index contributed by atoms with van der Waals surface area (Å²) in [5.74, 6) is 5.38. The Balaban J connectivity index is 0.00000144. The average molecular weight is 206 g/mol. The molecular formula is C12H23K. The van der Waals surface area contributed by atoms with Gasteiger partial charge in [0.2, 0.25) is 0 Å². The molecule has 1 aliphatic rings. The normalized spacial score (nSPS) is 40.4. The minimum atomic E-state index is 0. The first-order valence-corrected chi connectivity index (χ1v) is 5.45. The van der Waals surface area contributed by atoms with E-state index in [1.807, 2.05) is 5.92 Å². The zero-order valence-corrected chi connectivity index (χ0v) is 13.3. The summed E-state index contributed by atoms with van der Waals surface area (Å²) in [4.78, 5) is 0. The van der Waals surface area contributed by atoms with E-state index in [2.05, 4.69) is 34.6 Å². The summed E-state index contributed by atoms with van der Waals surface area (Å²) in [6.07, 6.45) is 2.68. The Bertz CT molecular complexity index is 130. The quantitative estimate of drug-likeness (QED) is 0.466. The predicted molar refractivity (Wildman–Crippen MR) is 54.8 cm³/mol. The summed E-state index contributed by atoms with van der Waals surface area (Å²) < 4.78 is 0. The fourth-order valence-electron chi connectivity index (χ4n) is 2.74. The van der Waals surface area contributed by atoms with Crippen LogP contribution in [0.1, 0.15) is 47.5 Å². The fraction of sp³-hybridized carbons (Fsp3) is 0.917. The third kappa shape index (κ3) is 3.04. The molecule has 0 saturated heterocycles. The van der Waals surface area contributed by atoms with Gasteiger partial charge in [0.1, 0.15) is 0 Å². The average Bonchev–Trinajstić information content (AvgIpc) is 2.23. The zero-order valence-electron chi connectivity index (χ0n) is 10.2. The van der Waals surface area contributed by atoms with Gasteiger partial charge in [0.15, 0.2) is 0 Å². The van der Waals surface area contributed by atoms with Crippen molar-refractivity contribution < 1.29 is 51.4 Å². The molecule has 1 fully saturated rings. The van der Waals surface area contributed by atoms with Crippen LogP contribution in [0.5, 0.6) is 0 Å². The molecule has 72 valence electrons. The number of hydrogen-bond donors (Lipinski definition) is 0. The molecule has 0 aromatic heterocycles. The van der Waals surface area contributed by atoms with E-state index in [1.165, 1.54) is 12.8 Å². The molecule has 1 aliphatic carbocycles. The molecule has 0 N–H and O–H groups in total. The second kappa shape index (κ2) is 6.27. The molecule has 0 heterocycles. The smallest absolute Gasteiger partial charge is 0.308 e. The maximum atomic E-state index is 2.41. The van der Waals surface area contributed by atoms with E-state index in [1.54, 1.807) is 0 Å². The Morgan fingerprint density at radius 1 is 0.923 bits per heavy atom. The van der Waals surface area contributed by atoms with Gasteiger partial charge in [-0.3, -0.25) is 0 Å². The monoisotopic (exact) mass is 206 g/mol. The minimum Gasteiger partial charge on any atom is -0.308 e. The van der Waals surface area contributed by atoms with Gasteiger partial charge in [0.25, 0.3) is 0 Å². The van der Waals surface area contributed by atoms with Crippen molar-refractivity contribution in [2.75, 3.05) is 0 Å². The molecule has 0 amide bonds. The minimum absolute atomic E-state index is 0. The van der Waals surface area contributed by atoms with Crippen molar-refractivity contribution in [3.05, 3.63) is 5.92 Å². The number of hydrogen-bond acceptors (Lipinski definition) is 0. The molecular weight excluding hydrogens is 183 g/mol. The van der Waals surface area contributed by atoms with Gasteiger partial charge < -0.3 is 5.92 Å². The Labute approximate surface area is 127 Å². The van der Waals surface area contributed by atoms with Gasteiger partial charge in [0, 0.05) is 0 Å². The largest absolute Gasteiger partial charge is 1.00 e. The molecule has 0 nitrogen and oxygen atoms in total. The molecule has 0 aromatic carbocycles. The second-order valence-corrected chi connectivity index (χ2v) is 4.62. The van der Waals surface area contributed by atoms with Crippen LogP contribution in [0.2, 0.25) is 0 Å². The van der Waals surface area contributed by atoms with Crippen molar-refractivity contribution >= 4 is 0 Å². The van der Waals surface area contributed by atoms with E-state index in [0.717, 1.165) is 23.7 Å². The molecule has 0 aliphatic heterocycles. The summed E-state index contributed by atoms with van der Waals surface area (Å²) in [6.45, 7) is 11.9. The van der Waals surface area contributed by atoms with Crippen molar-refractivity contribution in [2.45, 2.75) is 47.5 Å². The van der Waals surface area contributed by atoms with E-state index in [9.17, 15) is 0 Å². The van der Waals surface area contributed by atoms with E-state index in [4.69, 9.17) is 0 Å². The van der Waals surface area contributed by atoms with Gasteiger partial charge in [-0.05, 0) is 0 Å². The molecule has 4 atom stereocenters. The van der Waals surface area contributed by atoms with Gasteiger partial charge in [0.05, 0.1) is 0 Å². The Morgan fingerprint density at radius 2 is 1.31 bits per heavy atom. The summed E-state index contributed by atoms with van der Waals surface area (Å²) >= 11 is 0. The fourth-order valence-corrected chi connectivity index (χ4v) is 2.74. The van der Waals surface area contributed by atoms with Gasteiger partial charge >= 0.3 is 51.4 Å². The summed E-state index contributed by atoms with van der Waals surface area (Å²) in [5.41, 5.74) is 0. The van der Waals surface area contributed by atoms with Gasteiger partial charge in [-0.1, -0.05) is 52.9 Å². The summed E-state index contributed by atoms with van der Waals surface area (Å²) in [7, 11) is 0. The van der Waals surface area contributed by atoms with Crippen molar-refractivity contribution in [1.29, 1.82) is 0 Å². The molecule has 1 rings (SSSR count). The Morgan fingerprint density at radius 3 is 1.62 bits per heavy atom. The van der Waals surface area contributed by atoms with E-state index in [0.29, 0.717) is 0 Å². The van der Waals surface area contributed by atoms with Crippen molar-refractivity contribution in [3.8, 4) is 0 Å². The van der Waals surface area contributed by atoms with Crippen LogP contribution >= 0.6 is 0 Å². The van der Waals surface area contributed by atoms with Crippen LogP contribution in [0.15, 0.2) is 0 Å². The molecule has 0 bridgehead atoms. The van der Waals surface area contributed by atoms with Crippen molar-refractivity contribution in [2.24, 2.45) is 23.7 Å². The maximum Gasteiger partial charge on any atom is 1.00 e. The van der Waals surface area contributed by atoms with Crippen LogP contribution in [0.4, 0.5) is 0 Å². The van der Waals surface area contributed by atoms with Crippen LogP contribution in [-0.4, -0.2) is 0 Å². The Kier molecular flexibility index (Phi) is 7.06. The molecule has 1 saturated carbocycles. The first kappa shape index (κ1) is 14.6. The van der Waals surface area contributed by atoms with Crippen molar-refractivity contribution in [1.82, 2.24) is 0 Å². The van der Waals surface area contributed by atoms with Gasteiger partial charge in [-0.25, -0.2) is 0 Å². The summed E-state index contributed by atoms with van der Waals surface area (Å²) in [6, 6.07) is 0. The predicted octanol–water partition coefficient (Wildman–Crippen LogP) is 0.923. The van der Waals surface area contributed by atoms with Crippen LogP contribution in [-0.2, 0) is 0 Å². The number of rotatable bonds is 2. The van der Waals surface area contributed by atoms with Crippen LogP contribution < -0.4 is 51.4 Å². The van der Waals surface area contributed by atoms with Gasteiger partial charge in [-0.15, -0.1) is 0 Å². The third-order valence-electron chi connectivity index (χ3n) is 4.12. The first-order valence-electron chi connectivity index (χ1n) is 5.45. The standard InChI is InChI=1S/C12H23.K/c1-6-7-12-10(4)8(2)9(3)11(12)5;/h8-11H,6-7H2,1-5H3;/q-1;+1. The SMILES string of the molecule is CCC[C-]1C(C)C(C)C(C)C1C.[K+]. The summed E-state index contributed by atoms with van der Waals surface area (Å²) in [5, 5.41) is 0. The van der Waals surface area contributed by atoms with Crippen LogP contribution in [0.3, 0.4) is 0 Å². The molecule has 0 radical (unpaired) electrons. The topological polar surface area (TPSA) is 0 Å². The van der Waals surface area contributed by atoms with E-state index in [-0.39, 0.29) is 51.4 Å². The van der Waals surface area contributed by atoms with E-state index < -0.39 is 0 Å². The van der Waals surface area contributed by atoms with Crippen molar-refractivity contribution in [3.63, 3.8) is 0 Å². The van der Waals surface area contributed by atoms with Crippen LogP contribution in [0.25, 0.3) is 0 Å². The first-order chi connectivity index (χ1) is 5.59. The molecule has 13 heavy (non-hydrogen) atoms. The van der Waals surface area contributed by atoms with E-state index >= 15 is 0 Å². The maximum absolute atomic E-state index is 2.41. The second-order valence-electron chi connectivity index (χ2n) is 4.62. The van der Waals surface area contributed by atoms with Crippen LogP contribution in [0, 0.1) is 29.6 Å². The molecule has 4 unspecified atom stereocenters. The zero-order chi connectivity index (χ0) is 9.30. The van der Waals surface area contributed by atoms with Gasteiger partial charge in [-0.2, -0.15) is 18.3 Å². The molecule has 0 spiro atoms. The molecule has 0 aromatic rings.